The number of rotatable bonds is 1. The molecule has 0 saturated heterocycles. The van der Waals surface area contributed by atoms with Gasteiger partial charge >= 0.3 is 0 Å². The van der Waals surface area contributed by atoms with Crippen LogP contribution in [-0.2, 0) is 6.42 Å². The van der Waals surface area contributed by atoms with Gasteiger partial charge in [0, 0.05) is 5.38 Å². The van der Waals surface area contributed by atoms with Crippen molar-refractivity contribution in [3.63, 3.8) is 0 Å². The summed E-state index contributed by atoms with van der Waals surface area (Å²) in [4.78, 5) is 3.90. The topological polar surface area (TPSA) is 36.7 Å². The molecule has 0 N–H and O–H groups in total. The van der Waals surface area contributed by atoms with Crippen LogP contribution in [0.2, 0.25) is 0 Å². The van der Waals surface area contributed by atoms with Gasteiger partial charge in [0.05, 0.1) is 23.7 Å². The molecule has 0 saturated carbocycles. The van der Waals surface area contributed by atoms with E-state index in [-0.39, 0.29) is 0 Å². The lowest BCUT2D eigenvalue weighted by Gasteiger charge is -1.75. The van der Waals surface area contributed by atoms with E-state index in [2.05, 4.69) is 4.98 Å². The van der Waals surface area contributed by atoms with Gasteiger partial charge in [-0.3, -0.25) is 0 Å². The van der Waals surface area contributed by atoms with Crippen LogP contribution in [0.5, 0.6) is 0 Å². The maximum Gasteiger partial charge on any atom is 0.0795 e. The zero-order chi connectivity index (χ0) is 5.82. The molecule has 0 bridgehead atoms. The van der Waals surface area contributed by atoms with Gasteiger partial charge in [0.2, 0.25) is 0 Å². The molecule has 0 aliphatic carbocycles. The first-order valence-corrected chi connectivity index (χ1v) is 3.12. The van der Waals surface area contributed by atoms with E-state index >= 15 is 0 Å². The largest absolute Gasteiger partial charge is 0.249 e. The van der Waals surface area contributed by atoms with E-state index in [0.717, 1.165) is 5.69 Å². The highest BCUT2D eigenvalue weighted by Gasteiger charge is 1.88. The van der Waals surface area contributed by atoms with Crippen LogP contribution in [0.4, 0.5) is 0 Å². The molecule has 0 aliphatic rings. The Morgan fingerprint density at radius 1 is 1.88 bits per heavy atom. The molecule has 1 rings (SSSR count). The molecule has 0 atom stereocenters. The Hall–Kier alpha value is -0.880. The number of hydrogen-bond donors (Lipinski definition) is 0. The van der Waals surface area contributed by atoms with Crippen molar-refractivity contribution < 1.29 is 0 Å². The average Bonchev–Trinajstić information content (AvgIpc) is 2.19. The van der Waals surface area contributed by atoms with Crippen LogP contribution < -0.4 is 0 Å². The van der Waals surface area contributed by atoms with E-state index in [1.807, 2.05) is 11.4 Å². The SMILES string of the molecule is N#CCc1cscn1. The average molecular weight is 124 g/mol. The maximum absolute atomic E-state index is 8.15. The van der Waals surface area contributed by atoms with E-state index in [9.17, 15) is 0 Å². The summed E-state index contributed by atoms with van der Waals surface area (Å²) in [7, 11) is 0. The Labute approximate surface area is 51.4 Å². The fourth-order valence-corrected chi connectivity index (χ4v) is 0.964. The lowest BCUT2D eigenvalue weighted by molar-refractivity contribution is 1.16. The Morgan fingerprint density at radius 3 is 3.25 bits per heavy atom. The number of aromatic nitrogens is 1. The molecule has 0 fully saturated rings. The molecule has 0 aliphatic heterocycles. The summed E-state index contributed by atoms with van der Waals surface area (Å²) in [6.45, 7) is 0. The number of hydrogen-bond acceptors (Lipinski definition) is 3. The minimum absolute atomic E-state index is 0.434. The molecule has 0 unspecified atom stereocenters. The van der Waals surface area contributed by atoms with Gasteiger partial charge in [-0.15, -0.1) is 11.3 Å². The molecule has 1 aromatic heterocycles. The summed E-state index contributed by atoms with van der Waals surface area (Å²) in [5.41, 5.74) is 2.60. The van der Waals surface area contributed by atoms with Gasteiger partial charge in [-0.2, -0.15) is 5.26 Å². The molecule has 3 heteroatoms. The van der Waals surface area contributed by atoms with E-state index in [4.69, 9.17) is 5.26 Å². The molecular formula is C5H4N2S. The first-order chi connectivity index (χ1) is 3.93. The summed E-state index contributed by atoms with van der Waals surface area (Å²) >= 11 is 1.52. The van der Waals surface area contributed by atoms with Crippen LogP contribution in [0.1, 0.15) is 5.69 Å². The van der Waals surface area contributed by atoms with Crippen LogP contribution >= 0.6 is 11.3 Å². The molecule has 40 valence electrons. The highest BCUT2D eigenvalue weighted by Crippen LogP contribution is 1.99. The van der Waals surface area contributed by atoms with Crippen molar-refractivity contribution in [2.24, 2.45) is 0 Å². The van der Waals surface area contributed by atoms with Crippen molar-refractivity contribution in [1.82, 2.24) is 4.98 Å². The third-order valence-electron chi connectivity index (χ3n) is 0.744. The highest BCUT2D eigenvalue weighted by molar-refractivity contribution is 7.07. The van der Waals surface area contributed by atoms with Crippen molar-refractivity contribution in [3.8, 4) is 6.07 Å². The van der Waals surface area contributed by atoms with Gasteiger partial charge in [-0.25, -0.2) is 4.98 Å². The Kier molecular flexibility index (Phi) is 1.60. The lowest BCUT2D eigenvalue weighted by Crippen LogP contribution is -1.76. The van der Waals surface area contributed by atoms with Crippen LogP contribution in [0.25, 0.3) is 0 Å². The second-order valence-electron chi connectivity index (χ2n) is 1.31. The molecule has 0 spiro atoms. The summed E-state index contributed by atoms with van der Waals surface area (Å²) in [6.07, 6.45) is 0.434. The first-order valence-electron chi connectivity index (χ1n) is 2.17. The van der Waals surface area contributed by atoms with Crippen LogP contribution in [0.15, 0.2) is 10.9 Å². The predicted octanol–water partition coefficient (Wildman–Crippen LogP) is 1.21. The van der Waals surface area contributed by atoms with Crippen molar-refractivity contribution in [1.29, 1.82) is 5.26 Å². The Bertz CT molecular complexity index is 185. The fraction of sp³-hybridized carbons (Fsp3) is 0.200. The third kappa shape index (κ3) is 1.04. The fourth-order valence-electron chi connectivity index (χ4n) is 0.406. The molecular weight excluding hydrogens is 120 g/mol. The van der Waals surface area contributed by atoms with Gasteiger partial charge in [0.25, 0.3) is 0 Å². The maximum atomic E-state index is 8.15. The summed E-state index contributed by atoms with van der Waals surface area (Å²) in [6, 6.07) is 2.01. The minimum atomic E-state index is 0.434. The molecule has 2 nitrogen and oxygen atoms in total. The van der Waals surface area contributed by atoms with Gasteiger partial charge in [0.15, 0.2) is 0 Å². The van der Waals surface area contributed by atoms with Gasteiger partial charge in [0.1, 0.15) is 0 Å². The summed E-state index contributed by atoms with van der Waals surface area (Å²) in [5.74, 6) is 0. The smallest absolute Gasteiger partial charge is 0.0795 e. The monoisotopic (exact) mass is 124 g/mol. The van der Waals surface area contributed by atoms with Gasteiger partial charge < -0.3 is 0 Å². The number of thiazole rings is 1. The Morgan fingerprint density at radius 2 is 2.75 bits per heavy atom. The standard InChI is InChI=1S/C5H4N2S/c6-2-1-5-3-8-4-7-5/h3-4H,1H2. The lowest BCUT2D eigenvalue weighted by atomic mass is 10.4. The van der Waals surface area contributed by atoms with Crippen molar-refractivity contribution >= 4 is 11.3 Å². The highest BCUT2D eigenvalue weighted by atomic mass is 32.1. The predicted molar refractivity (Wildman–Crippen MR) is 31.4 cm³/mol. The summed E-state index contributed by atoms with van der Waals surface area (Å²) in [5, 5.41) is 10.0. The van der Waals surface area contributed by atoms with Crippen molar-refractivity contribution in [2.45, 2.75) is 6.42 Å². The van der Waals surface area contributed by atoms with E-state index in [1.165, 1.54) is 11.3 Å². The second-order valence-corrected chi connectivity index (χ2v) is 2.03. The van der Waals surface area contributed by atoms with Crippen molar-refractivity contribution in [3.05, 3.63) is 16.6 Å². The minimum Gasteiger partial charge on any atom is -0.249 e. The van der Waals surface area contributed by atoms with Gasteiger partial charge in [-0.05, 0) is 0 Å². The van der Waals surface area contributed by atoms with Crippen LogP contribution in [-0.4, -0.2) is 4.98 Å². The van der Waals surface area contributed by atoms with E-state index in [0.29, 0.717) is 6.42 Å². The molecule has 8 heavy (non-hydrogen) atoms. The molecule has 0 radical (unpaired) electrons. The van der Waals surface area contributed by atoms with Crippen LogP contribution in [0, 0.1) is 11.3 Å². The molecule has 0 amide bonds. The van der Waals surface area contributed by atoms with Gasteiger partial charge in [-0.1, -0.05) is 0 Å². The van der Waals surface area contributed by atoms with E-state index < -0.39 is 0 Å². The van der Waals surface area contributed by atoms with Crippen molar-refractivity contribution in [2.75, 3.05) is 0 Å². The quantitative estimate of drug-likeness (QED) is 0.564. The molecule has 1 aromatic rings. The number of nitriles is 1. The zero-order valence-corrected chi connectivity index (χ0v) is 4.98. The van der Waals surface area contributed by atoms with E-state index in [1.54, 1.807) is 5.51 Å². The molecule has 0 aromatic carbocycles. The molecule has 1 heterocycles. The Balaban J connectivity index is 2.67. The van der Waals surface area contributed by atoms with Crippen LogP contribution in [0.3, 0.4) is 0 Å². The third-order valence-corrected chi connectivity index (χ3v) is 1.38. The first kappa shape index (κ1) is 5.26. The summed E-state index contributed by atoms with van der Waals surface area (Å²) < 4.78 is 0. The number of nitrogens with zero attached hydrogens (tertiary/aromatic N) is 2. The normalized spacial score (nSPS) is 8.38. The zero-order valence-electron chi connectivity index (χ0n) is 4.16. The second kappa shape index (κ2) is 2.43.